The molecule has 1 heterocycles. The number of nitrogens with one attached hydrogen (secondary N) is 1. The second-order valence-corrected chi connectivity index (χ2v) is 7.75. The van der Waals surface area contributed by atoms with Crippen LogP contribution in [0.3, 0.4) is 0 Å². The minimum absolute atomic E-state index is 0.0541. The van der Waals surface area contributed by atoms with E-state index in [1.54, 1.807) is 31.2 Å². The number of hydrogen-bond donors (Lipinski definition) is 2. The highest BCUT2D eigenvalue weighted by Crippen LogP contribution is 2.28. The Hall–Kier alpha value is -2.54. The fraction of sp³-hybridized carbons (Fsp3) is 0.278. The summed E-state index contributed by atoms with van der Waals surface area (Å²) >= 11 is 0. The third-order valence-corrected chi connectivity index (χ3v) is 5.86. The molecule has 1 aliphatic rings. The van der Waals surface area contributed by atoms with Gasteiger partial charge in [-0.25, -0.2) is 13.2 Å². The molecule has 2 aromatic rings. The summed E-state index contributed by atoms with van der Waals surface area (Å²) in [7, 11) is -3.86. The molecule has 1 aliphatic heterocycles. The van der Waals surface area contributed by atoms with Gasteiger partial charge in [-0.2, -0.15) is 0 Å². The maximum Gasteiger partial charge on any atom is 0.337 e. The smallest absolute Gasteiger partial charge is 0.337 e. The fourth-order valence-corrected chi connectivity index (χ4v) is 4.35. The Morgan fingerprint density at radius 2 is 1.80 bits per heavy atom. The second kappa shape index (κ2) is 6.76. The molecule has 1 fully saturated rings. The van der Waals surface area contributed by atoms with Crippen LogP contribution in [0.4, 0.5) is 11.4 Å². The average molecular weight is 360 g/mol. The van der Waals surface area contributed by atoms with Crippen LogP contribution < -0.4 is 9.62 Å². The van der Waals surface area contributed by atoms with Gasteiger partial charge >= 0.3 is 5.97 Å². The number of sulfonamides is 1. The van der Waals surface area contributed by atoms with Gasteiger partial charge in [0.1, 0.15) is 0 Å². The molecule has 25 heavy (non-hydrogen) atoms. The summed E-state index contributed by atoms with van der Waals surface area (Å²) < 4.78 is 27.7. The van der Waals surface area contributed by atoms with Crippen LogP contribution in [0.25, 0.3) is 0 Å². The summed E-state index contributed by atoms with van der Waals surface area (Å²) in [5, 5.41) is 9.50. The van der Waals surface area contributed by atoms with Crippen LogP contribution in [0.2, 0.25) is 0 Å². The Bertz CT molecular complexity index is 903. The minimum Gasteiger partial charge on any atom is -0.478 e. The summed E-state index contributed by atoms with van der Waals surface area (Å²) in [5.74, 6) is -1.16. The topological polar surface area (TPSA) is 86.7 Å². The molecule has 6 nitrogen and oxygen atoms in total. The van der Waals surface area contributed by atoms with Crippen LogP contribution in [-0.2, 0) is 10.0 Å². The van der Waals surface area contributed by atoms with E-state index in [1.165, 1.54) is 18.2 Å². The minimum atomic E-state index is -3.86. The van der Waals surface area contributed by atoms with Crippen molar-refractivity contribution in [2.45, 2.75) is 24.7 Å². The van der Waals surface area contributed by atoms with Crippen molar-refractivity contribution in [2.75, 3.05) is 22.7 Å². The summed E-state index contributed by atoms with van der Waals surface area (Å²) in [6.45, 7) is 3.46. The van der Waals surface area contributed by atoms with E-state index in [0.717, 1.165) is 31.6 Å². The zero-order valence-corrected chi connectivity index (χ0v) is 14.7. The molecule has 0 spiro atoms. The van der Waals surface area contributed by atoms with E-state index in [1.807, 2.05) is 0 Å². The van der Waals surface area contributed by atoms with Crippen molar-refractivity contribution in [1.82, 2.24) is 0 Å². The van der Waals surface area contributed by atoms with Crippen molar-refractivity contribution >= 4 is 27.4 Å². The summed E-state index contributed by atoms with van der Waals surface area (Å²) in [6, 6.07) is 11.4. The summed E-state index contributed by atoms with van der Waals surface area (Å²) in [5.41, 5.74) is 1.41. The Morgan fingerprint density at radius 1 is 1.12 bits per heavy atom. The van der Waals surface area contributed by atoms with Gasteiger partial charge in [0.05, 0.1) is 16.1 Å². The molecule has 0 aromatic heterocycles. The number of carboxylic acid groups (broad SMARTS) is 1. The zero-order chi connectivity index (χ0) is 18.0. The number of aryl methyl sites for hydroxylation is 1. The van der Waals surface area contributed by atoms with Crippen LogP contribution in [0.5, 0.6) is 0 Å². The van der Waals surface area contributed by atoms with Gasteiger partial charge in [0.15, 0.2) is 0 Å². The van der Waals surface area contributed by atoms with Crippen LogP contribution >= 0.6 is 0 Å². The van der Waals surface area contributed by atoms with Crippen molar-refractivity contribution in [3.63, 3.8) is 0 Å². The lowest BCUT2D eigenvalue weighted by atomic mass is 10.1. The van der Waals surface area contributed by atoms with Gasteiger partial charge in [0.2, 0.25) is 0 Å². The molecule has 0 radical (unpaired) electrons. The van der Waals surface area contributed by atoms with Gasteiger partial charge < -0.3 is 10.0 Å². The number of benzene rings is 2. The van der Waals surface area contributed by atoms with E-state index in [-0.39, 0.29) is 16.1 Å². The van der Waals surface area contributed by atoms with Crippen LogP contribution in [-0.4, -0.2) is 32.6 Å². The highest BCUT2D eigenvalue weighted by Gasteiger charge is 2.22. The van der Waals surface area contributed by atoms with Crippen LogP contribution in [0, 0.1) is 6.92 Å². The highest BCUT2D eigenvalue weighted by atomic mass is 32.2. The molecular formula is C18H20N2O4S. The van der Waals surface area contributed by atoms with Crippen molar-refractivity contribution in [3.05, 3.63) is 53.6 Å². The van der Waals surface area contributed by atoms with E-state index >= 15 is 0 Å². The monoisotopic (exact) mass is 360 g/mol. The second-order valence-electron chi connectivity index (χ2n) is 6.10. The van der Waals surface area contributed by atoms with E-state index in [4.69, 9.17) is 0 Å². The number of nitrogens with zero attached hydrogens (tertiary/aromatic N) is 1. The van der Waals surface area contributed by atoms with Gasteiger partial charge in [-0.3, -0.25) is 4.72 Å². The normalized spacial score (nSPS) is 14.5. The molecule has 3 rings (SSSR count). The first-order chi connectivity index (χ1) is 11.9. The summed E-state index contributed by atoms with van der Waals surface area (Å²) in [4.78, 5) is 13.9. The number of aromatic carboxylic acids is 1. The molecule has 7 heteroatoms. The molecule has 0 bridgehead atoms. The van der Waals surface area contributed by atoms with Crippen LogP contribution in [0.1, 0.15) is 28.8 Å². The van der Waals surface area contributed by atoms with E-state index in [9.17, 15) is 18.3 Å². The first-order valence-corrected chi connectivity index (χ1v) is 9.57. The number of carbonyl (C=O) groups is 1. The van der Waals surface area contributed by atoms with Gasteiger partial charge in [-0.1, -0.05) is 18.2 Å². The predicted octanol–water partition coefficient (Wildman–Crippen LogP) is 3.09. The lowest BCUT2D eigenvalue weighted by Crippen LogP contribution is -2.20. The average Bonchev–Trinajstić information content (AvgIpc) is 3.09. The number of anilines is 2. The van der Waals surface area contributed by atoms with E-state index < -0.39 is 16.0 Å². The standard InChI is InChI=1S/C18H20N2O4S/c1-13-6-2-3-7-17(13)25(23,24)19-16-9-8-14(12-15(16)18(21)22)20-10-4-5-11-20/h2-3,6-9,12,19H,4-5,10-11H2,1H3,(H,21,22). The SMILES string of the molecule is Cc1ccccc1S(=O)(=O)Nc1ccc(N2CCCC2)cc1C(=O)O. The molecule has 0 atom stereocenters. The highest BCUT2D eigenvalue weighted by molar-refractivity contribution is 7.92. The number of carboxylic acids is 1. The predicted molar refractivity (Wildman–Crippen MR) is 96.8 cm³/mol. The van der Waals surface area contributed by atoms with Crippen molar-refractivity contribution in [1.29, 1.82) is 0 Å². The molecular weight excluding hydrogens is 340 g/mol. The third-order valence-electron chi connectivity index (χ3n) is 4.33. The molecule has 1 saturated heterocycles. The van der Waals surface area contributed by atoms with Gasteiger partial charge in [0, 0.05) is 18.8 Å². The lowest BCUT2D eigenvalue weighted by molar-refractivity contribution is 0.0698. The van der Waals surface area contributed by atoms with E-state index in [2.05, 4.69) is 9.62 Å². The Labute approximate surface area is 147 Å². The van der Waals surface area contributed by atoms with Crippen molar-refractivity contribution < 1.29 is 18.3 Å². The first kappa shape index (κ1) is 17.3. The van der Waals surface area contributed by atoms with Crippen molar-refractivity contribution in [2.24, 2.45) is 0 Å². The number of rotatable bonds is 5. The summed E-state index contributed by atoms with van der Waals surface area (Å²) in [6.07, 6.45) is 2.15. The zero-order valence-electron chi connectivity index (χ0n) is 13.9. The maximum absolute atomic E-state index is 12.6. The number of hydrogen-bond acceptors (Lipinski definition) is 4. The Morgan fingerprint density at radius 3 is 2.44 bits per heavy atom. The van der Waals surface area contributed by atoms with Gasteiger partial charge in [-0.05, 0) is 49.6 Å². The van der Waals surface area contributed by atoms with E-state index in [0.29, 0.717) is 5.56 Å². The first-order valence-electron chi connectivity index (χ1n) is 8.09. The molecule has 2 aromatic carbocycles. The quantitative estimate of drug-likeness (QED) is 0.856. The van der Waals surface area contributed by atoms with Crippen molar-refractivity contribution in [3.8, 4) is 0 Å². The largest absolute Gasteiger partial charge is 0.478 e. The lowest BCUT2D eigenvalue weighted by Gasteiger charge is -2.19. The Balaban J connectivity index is 1.96. The van der Waals surface area contributed by atoms with Gasteiger partial charge in [-0.15, -0.1) is 0 Å². The molecule has 0 amide bonds. The molecule has 0 unspecified atom stereocenters. The Kier molecular flexibility index (Phi) is 4.67. The molecule has 2 N–H and O–H groups in total. The third kappa shape index (κ3) is 3.61. The molecule has 0 aliphatic carbocycles. The molecule has 0 saturated carbocycles. The maximum atomic E-state index is 12.6. The van der Waals surface area contributed by atoms with Crippen LogP contribution in [0.15, 0.2) is 47.4 Å². The van der Waals surface area contributed by atoms with Gasteiger partial charge in [0.25, 0.3) is 10.0 Å². The molecule has 132 valence electrons. The fourth-order valence-electron chi connectivity index (χ4n) is 3.03.